The highest BCUT2D eigenvalue weighted by Crippen LogP contribution is 2.34. The molecule has 96 valence electrons. The van der Waals surface area contributed by atoms with E-state index in [0.717, 1.165) is 20.7 Å². The summed E-state index contributed by atoms with van der Waals surface area (Å²) in [4.78, 5) is 8.41. The standard InChI is InChI=1S/C12H16IN5/c1-7-2-4-8(5-3-7)18-12-9(10(13)17-18)11(14)15-6-16-12/h6-8H,2-5H2,1H3,(H2,14,15,16). The molecule has 0 saturated heterocycles. The summed E-state index contributed by atoms with van der Waals surface area (Å²) in [5.74, 6) is 1.36. The Labute approximate surface area is 119 Å². The highest BCUT2D eigenvalue weighted by Gasteiger charge is 2.24. The third-order valence-electron chi connectivity index (χ3n) is 3.81. The predicted molar refractivity (Wildman–Crippen MR) is 79.1 cm³/mol. The lowest BCUT2D eigenvalue weighted by atomic mass is 9.87. The van der Waals surface area contributed by atoms with Crippen LogP contribution >= 0.6 is 22.6 Å². The van der Waals surface area contributed by atoms with Crippen LogP contribution in [0.2, 0.25) is 0 Å². The number of nitrogens with zero attached hydrogens (tertiary/aromatic N) is 4. The fourth-order valence-electron chi connectivity index (χ4n) is 2.69. The van der Waals surface area contributed by atoms with E-state index in [0.29, 0.717) is 11.9 Å². The van der Waals surface area contributed by atoms with E-state index in [2.05, 4.69) is 49.3 Å². The number of fused-ring (bicyclic) bond motifs is 1. The molecule has 1 saturated carbocycles. The maximum absolute atomic E-state index is 5.91. The van der Waals surface area contributed by atoms with Gasteiger partial charge in [-0.3, -0.25) is 0 Å². The van der Waals surface area contributed by atoms with Crippen LogP contribution in [0.5, 0.6) is 0 Å². The first kappa shape index (κ1) is 12.1. The van der Waals surface area contributed by atoms with Crippen molar-refractivity contribution in [1.29, 1.82) is 0 Å². The Morgan fingerprint density at radius 1 is 1.28 bits per heavy atom. The Morgan fingerprint density at radius 3 is 2.72 bits per heavy atom. The fraction of sp³-hybridized carbons (Fsp3) is 0.583. The van der Waals surface area contributed by atoms with Crippen molar-refractivity contribution in [3.05, 3.63) is 10.0 Å². The number of nitrogens with two attached hydrogens (primary N) is 1. The number of halogens is 1. The van der Waals surface area contributed by atoms with E-state index < -0.39 is 0 Å². The number of nitrogen functional groups attached to an aromatic ring is 1. The largest absolute Gasteiger partial charge is 0.383 e. The second-order valence-electron chi connectivity index (χ2n) is 5.11. The molecule has 6 heteroatoms. The minimum Gasteiger partial charge on any atom is -0.383 e. The van der Waals surface area contributed by atoms with E-state index in [4.69, 9.17) is 5.73 Å². The third kappa shape index (κ3) is 1.96. The van der Waals surface area contributed by atoms with Gasteiger partial charge in [-0.2, -0.15) is 5.10 Å². The predicted octanol–water partition coefficient (Wildman–Crippen LogP) is 2.76. The highest BCUT2D eigenvalue weighted by atomic mass is 127. The van der Waals surface area contributed by atoms with Gasteiger partial charge in [0.15, 0.2) is 5.65 Å². The van der Waals surface area contributed by atoms with Gasteiger partial charge >= 0.3 is 0 Å². The van der Waals surface area contributed by atoms with Crippen LogP contribution in [0.1, 0.15) is 38.6 Å². The van der Waals surface area contributed by atoms with E-state index >= 15 is 0 Å². The maximum Gasteiger partial charge on any atom is 0.164 e. The molecule has 1 aliphatic rings. The molecule has 0 atom stereocenters. The Kier molecular flexibility index (Phi) is 3.13. The lowest BCUT2D eigenvalue weighted by molar-refractivity contribution is 0.278. The molecule has 0 aromatic carbocycles. The van der Waals surface area contributed by atoms with Crippen molar-refractivity contribution in [2.24, 2.45) is 5.92 Å². The molecule has 18 heavy (non-hydrogen) atoms. The summed E-state index contributed by atoms with van der Waals surface area (Å²) in [5.41, 5.74) is 6.79. The van der Waals surface area contributed by atoms with E-state index in [1.807, 2.05) is 0 Å². The number of rotatable bonds is 1. The fourth-order valence-corrected chi connectivity index (χ4v) is 3.44. The SMILES string of the molecule is CC1CCC(n2nc(I)c3c(N)ncnc32)CC1. The first-order valence-electron chi connectivity index (χ1n) is 6.31. The Morgan fingerprint density at radius 2 is 2.00 bits per heavy atom. The summed E-state index contributed by atoms with van der Waals surface area (Å²) in [6, 6.07) is 0.460. The molecule has 0 radical (unpaired) electrons. The van der Waals surface area contributed by atoms with Crippen molar-refractivity contribution in [2.45, 2.75) is 38.6 Å². The van der Waals surface area contributed by atoms with Crippen molar-refractivity contribution in [3.8, 4) is 0 Å². The summed E-state index contributed by atoms with van der Waals surface area (Å²) in [5, 5.41) is 5.52. The van der Waals surface area contributed by atoms with Gasteiger partial charge in [0.1, 0.15) is 15.8 Å². The lowest BCUT2D eigenvalue weighted by Gasteiger charge is -2.26. The maximum atomic E-state index is 5.91. The van der Waals surface area contributed by atoms with Gasteiger partial charge in [-0.05, 0) is 54.2 Å². The molecule has 2 heterocycles. The van der Waals surface area contributed by atoms with E-state index in [1.54, 1.807) is 0 Å². The molecule has 0 amide bonds. The number of hydrogen-bond acceptors (Lipinski definition) is 4. The molecular formula is C12H16IN5. The van der Waals surface area contributed by atoms with Crippen molar-refractivity contribution in [3.63, 3.8) is 0 Å². The second kappa shape index (κ2) is 4.64. The molecule has 3 rings (SSSR count). The first-order valence-corrected chi connectivity index (χ1v) is 7.39. The van der Waals surface area contributed by atoms with Gasteiger partial charge in [0.2, 0.25) is 0 Å². The minimum absolute atomic E-state index is 0.460. The lowest BCUT2D eigenvalue weighted by Crippen LogP contribution is -2.18. The molecule has 0 unspecified atom stereocenters. The highest BCUT2D eigenvalue weighted by molar-refractivity contribution is 14.1. The van der Waals surface area contributed by atoms with Gasteiger partial charge in [0, 0.05) is 0 Å². The molecule has 0 bridgehead atoms. The molecule has 5 nitrogen and oxygen atoms in total. The third-order valence-corrected chi connectivity index (χ3v) is 4.56. The number of aromatic nitrogens is 4. The molecule has 0 aliphatic heterocycles. The van der Waals surface area contributed by atoms with Gasteiger partial charge < -0.3 is 5.73 Å². The average Bonchev–Trinajstić information content (AvgIpc) is 2.69. The molecule has 1 fully saturated rings. The van der Waals surface area contributed by atoms with Crippen LogP contribution in [0, 0.1) is 9.62 Å². The van der Waals surface area contributed by atoms with Crippen molar-refractivity contribution >= 4 is 39.4 Å². The van der Waals surface area contributed by atoms with E-state index in [-0.39, 0.29) is 0 Å². The van der Waals surface area contributed by atoms with Crippen LogP contribution in [-0.4, -0.2) is 19.7 Å². The topological polar surface area (TPSA) is 69.6 Å². The monoisotopic (exact) mass is 357 g/mol. The van der Waals surface area contributed by atoms with E-state index in [1.165, 1.54) is 32.0 Å². The molecule has 2 aromatic heterocycles. The zero-order valence-corrected chi connectivity index (χ0v) is 12.5. The average molecular weight is 357 g/mol. The van der Waals surface area contributed by atoms with Gasteiger partial charge in [0.25, 0.3) is 0 Å². The molecule has 1 aliphatic carbocycles. The smallest absolute Gasteiger partial charge is 0.164 e. The summed E-state index contributed by atoms with van der Waals surface area (Å²) < 4.78 is 2.96. The molecule has 2 N–H and O–H groups in total. The molecule has 2 aromatic rings. The van der Waals surface area contributed by atoms with Crippen LogP contribution in [-0.2, 0) is 0 Å². The van der Waals surface area contributed by atoms with Crippen LogP contribution in [0.4, 0.5) is 5.82 Å². The summed E-state index contributed by atoms with van der Waals surface area (Å²) in [6.45, 7) is 2.32. The van der Waals surface area contributed by atoms with Crippen molar-refractivity contribution < 1.29 is 0 Å². The Bertz CT molecular complexity index is 571. The zero-order valence-electron chi connectivity index (χ0n) is 10.3. The minimum atomic E-state index is 0.460. The van der Waals surface area contributed by atoms with Crippen LogP contribution in [0.15, 0.2) is 6.33 Å². The molecular weight excluding hydrogens is 341 g/mol. The summed E-state index contributed by atoms with van der Waals surface area (Å²) in [7, 11) is 0. The van der Waals surface area contributed by atoms with Gasteiger partial charge in [0.05, 0.1) is 11.4 Å². The van der Waals surface area contributed by atoms with Gasteiger partial charge in [-0.15, -0.1) is 0 Å². The number of anilines is 1. The summed E-state index contributed by atoms with van der Waals surface area (Å²) >= 11 is 2.21. The van der Waals surface area contributed by atoms with Crippen molar-refractivity contribution in [2.75, 3.05) is 5.73 Å². The first-order chi connectivity index (χ1) is 8.66. The van der Waals surface area contributed by atoms with E-state index in [9.17, 15) is 0 Å². The van der Waals surface area contributed by atoms with Crippen LogP contribution in [0.25, 0.3) is 11.0 Å². The second-order valence-corrected chi connectivity index (χ2v) is 6.13. The molecule has 0 spiro atoms. The normalized spacial score (nSPS) is 24.6. The van der Waals surface area contributed by atoms with Crippen LogP contribution in [0.3, 0.4) is 0 Å². The van der Waals surface area contributed by atoms with Crippen molar-refractivity contribution in [1.82, 2.24) is 19.7 Å². The zero-order chi connectivity index (χ0) is 12.7. The number of hydrogen-bond donors (Lipinski definition) is 1. The Balaban J connectivity index is 2.05. The van der Waals surface area contributed by atoms with Gasteiger partial charge in [-0.1, -0.05) is 6.92 Å². The summed E-state index contributed by atoms with van der Waals surface area (Å²) in [6.07, 6.45) is 6.42. The van der Waals surface area contributed by atoms with Gasteiger partial charge in [-0.25, -0.2) is 14.6 Å². The Hall–Kier alpha value is -0.920. The van der Waals surface area contributed by atoms with Crippen LogP contribution < -0.4 is 5.73 Å². The quantitative estimate of drug-likeness (QED) is 0.797.